The number of allylic oxidation sites excluding steroid dienone is 2. The third-order valence-electron chi connectivity index (χ3n) is 6.69. The van der Waals surface area contributed by atoms with Crippen LogP contribution in [-0.4, -0.2) is 33.7 Å². The lowest BCUT2D eigenvalue weighted by Gasteiger charge is -2.49. The summed E-state index contributed by atoms with van der Waals surface area (Å²) in [4.78, 5) is 24.3. The van der Waals surface area contributed by atoms with Crippen LogP contribution in [0, 0.1) is 5.92 Å². The Bertz CT molecular complexity index is 1060. The fourth-order valence-electron chi connectivity index (χ4n) is 5.00. The van der Waals surface area contributed by atoms with Gasteiger partial charge in [0.15, 0.2) is 11.4 Å². The molecule has 31 heavy (non-hydrogen) atoms. The highest BCUT2D eigenvalue weighted by atomic mass is 19.4. The SMILES string of the molecule is O=C(O)c1ccc2c(c1)C(=O)C=C[C@@H]1C[C@@](O)(C(F)(F)F)CC[C@@]21Cc1ccccc1. The summed E-state index contributed by atoms with van der Waals surface area (Å²) < 4.78 is 40.9. The summed E-state index contributed by atoms with van der Waals surface area (Å²) in [7, 11) is 0. The number of carboxylic acid groups (broad SMARTS) is 1. The number of halogens is 3. The Hall–Kier alpha value is -2.93. The van der Waals surface area contributed by atoms with Crippen LogP contribution in [0.1, 0.15) is 51.1 Å². The molecule has 2 aliphatic carbocycles. The number of fused-ring (bicyclic) bond motifs is 3. The molecule has 162 valence electrons. The van der Waals surface area contributed by atoms with E-state index in [1.165, 1.54) is 24.3 Å². The zero-order valence-corrected chi connectivity index (χ0v) is 16.5. The number of hydrogen-bond acceptors (Lipinski definition) is 3. The van der Waals surface area contributed by atoms with Gasteiger partial charge in [-0.3, -0.25) is 4.79 Å². The lowest BCUT2D eigenvalue weighted by Crippen LogP contribution is -2.55. The van der Waals surface area contributed by atoms with Crippen LogP contribution in [0.4, 0.5) is 13.2 Å². The Morgan fingerprint density at radius 3 is 2.45 bits per heavy atom. The van der Waals surface area contributed by atoms with E-state index in [2.05, 4.69) is 0 Å². The highest BCUT2D eigenvalue weighted by Gasteiger charge is 2.60. The maximum absolute atomic E-state index is 13.6. The summed E-state index contributed by atoms with van der Waals surface area (Å²) in [6, 6.07) is 13.5. The van der Waals surface area contributed by atoms with Crippen LogP contribution in [-0.2, 0) is 11.8 Å². The second-order valence-corrected chi connectivity index (χ2v) is 8.45. The Labute approximate surface area is 177 Å². The second-order valence-electron chi connectivity index (χ2n) is 8.45. The van der Waals surface area contributed by atoms with E-state index < -0.39 is 47.7 Å². The van der Waals surface area contributed by atoms with E-state index in [1.54, 1.807) is 6.07 Å². The van der Waals surface area contributed by atoms with Crippen molar-refractivity contribution < 1.29 is 33.0 Å². The smallest absolute Gasteiger partial charge is 0.417 e. The molecule has 4 rings (SSSR count). The van der Waals surface area contributed by atoms with Crippen LogP contribution in [0.3, 0.4) is 0 Å². The van der Waals surface area contributed by atoms with E-state index in [1.807, 2.05) is 30.3 Å². The van der Waals surface area contributed by atoms with E-state index in [9.17, 15) is 33.0 Å². The maximum atomic E-state index is 13.6. The zero-order chi connectivity index (χ0) is 22.4. The summed E-state index contributed by atoms with van der Waals surface area (Å²) in [5, 5.41) is 19.8. The number of aromatic carboxylic acids is 1. The van der Waals surface area contributed by atoms with E-state index in [0.29, 0.717) is 12.0 Å². The first kappa shape index (κ1) is 21.3. The lowest BCUT2D eigenvalue weighted by atomic mass is 9.56. The molecule has 0 unspecified atom stereocenters. The van der Waals surface area contributed by atoms with Gasteiger partial charge in [0.2, 0.25) is 0 Å². The molecule has 7 heteroatoms. The molecular formula is C24H21F3O4. The predicted molar refractivity (Wildman–Crippen MR) is 107 cm³/mol. The van der Waals surface area contributed by atoms with Gasteiger partial charge in [0.05, 0.1) is 5.56 Å². The van der Waals surface area contributed by atoms with Crippen molar-refractivity contribution in [2.24, 2.45) is 5.92 Å². The quantitative estimate of drug-likeness (QED) is 0.740. The molecule has 1 fully saturated rings. The van der Waals surface area contributed by atoms with Crippen LogP contribution in [0.25, 0.3) is 0 Å². The van der Waals surface area contributed by atoms with Gasteiger partial charge in [-0.25, -0.2) is 4.79 Å². The number of carbonyl (C=O) groups is 2. The summed E-state index contributed by atoms with van der Waals surface area (Å²) >= 11 is 0. The zero-order valence-electron chi connectivity index (χ0n) is 16.5. The Morgan fingerprint density at radius 1 is 1.10 bits per heavy atom. The molecule has 0 aliphatic heterocycles. The van der Waals surface area contributed by atoms with Crippen molar-refractivity contribution in [3.05, 3.63) is 82.9 Å². The van der Waals surface area contributed by atoms with Gasteiger partial charge in [0.25, 0.3) is 0 Å². The maximum Gasteiger partial charge on any atom is 0.417 e. The van der Waals surface area contributed by atoms with Gasteiger partial charge in [0, 0.05) is 11.0 Å². The minimum atomic E-state index is -4.79. The highest BCUT2D eigenvalue weighted by Crippen LogP contribution is 2.55. The number of benzene rings is 2. The fraction of sp³-hybridized carbons (Fsp3) is 0.333. The van der Waals surface area contributed by atoms with Crippen molar-refractivity contribution in [2.45, 2.75) is 42.9 Å². The monoisotopic (exact) mass is 430 g/mol. The standard InChI is InChI=1S/C24H21F3O4/c25-24(26,27)23(31)11-10-22(13-15-4-2-1-3-5-15)17(14-23)7-9-20(28)18-12-16(21(29)30)6-8-19(18)22/h1-9,12,17,31H,10-11,13-14H2,(H,29,30)/t17-,22+,23-/m1/s1. The number of aliphatic hydroxyl groups is 1. The predicted octanol–water partition coefficient (Wildman–Crippen LogP) is 4.71. The van der Waals surface area contributed by atoms with Crippen molar-refractivity contribution in [3.8, 4) is 0 Å². The van der Waals surface area contributed by atoms with Crippen molar-refractivity contribution in [3.63, 3.8) is 0 Å². The third kappa shape index (κ3) is 3.57. The molecule has 0 bridgehead atoms. The molecule has 0 heterocycles. The molecule has 0 aromatic heterocycles. The van der Waals surface area contributed by atoms with Crippen LogP contribution in [0.2, 0.25) is 0 Å². The van der Waals surface area contributed by atoms with E-state index >= 15 is 0 Å². The molecule has 4 nitrogen and oxygen atoms in total. The molecule has 3 atom stereocenters. The first-order valence-corrected chi connectivity index (χ1v) is 9.99. The normalized spacial score (nSPS) is 27.9. The van der Waals surface area contributed by atoms with Crippen molar-refractivity contribution in [2.75, 3.05) is 0 Å². The van der Waals surface area contributed by atoms with Crippen LogP contribution in [0.5, 0.6) is 0 Å². The summed E-state index contributed by atoms with van der Waals surface area (Å²) in [5.41, 5.74) is -2.17. The van der Waals surface area contributed by atoms with E-state index in [0.717, 1.165) is 5.56 Å². The summed E-state index contributed by atoms with van der Waals surface area (Å²) in [5.74, 6) is -2.39. The number of rotatable bonds is 3. The van der Waals surface area contributed by atoms with Gasteiger partial charge in [0.1, 0.15) is 0 Å². The summed E-state index contributed by atoms with van der Waals surface area (Å²) in [6.45, 7) is 0. The molecule has 0 spiro atoms. The molecule has 0 saturated heterocycles. The van der Waals surface area contributed by atoms with Crippen LogP contribution in [0.15, 0.2) is 60.7 Å². The summed E-state index contributed by atoms with van der Waals surface area (Å²) in [6.07, 6.45) is -2.81. The fourth-order valence-corrected chi connectivity index (χ4v) is 5.00. The molecule has 2 aromatic rings. The molecule has 0 radical (unpaired) electrons. The average Bonchev–Trinajstić information content (AvgIpc) is 2.83. The minimum absolute atomic E-state index is 0.000388. The third-order valence-corrected chi connectivity index (χ3v) is 6.69. The number of alkyl halides is 3. The number of ketones is 1. The van der Waals surface area contributed by atoms with Crippen LogP contribution >= 0.6 is 0 Å². The number of carbonyl (C=O) groups excluding carboxylic acids is 1. The van der Waals surface area contributed by atoms with Crippen LogP contribution < -0.4 is 0 Å². The first-order chi connectivity index (χ1) is 14.6. The Balaban J connectivity index is 1.90. The lowest BCUT2D eigenvalue weighted by molar-refractivity contribution is -0.277. The first-order valence-electron chi connectivity index (χ1n) is 9.99. The number of carboxylic acids is 1. The van der Waals surface area contributed by atoms with Gasteiger partial charge >= 0.3 is 12.1 Å². The minimum Gasteiger partial charge on any atom is -0.478 e. The molecule has 2 aliphatic rings. The largest absolute Gasteiger partial charge is 0.478 e. The highest BCUT2D eigenvalue weighted by molar-refractivity contribution is 6.07. The van der Waals surface area contributed by atoms with Gasteiger partial charge in [-0.1, -0.05) is 42.5 Å². The van der Waals surface area contributed by atoms with Gasteiger partial charge in [-0.05, 0) is 60.9 Å². The second kappa shape index (κ2) is 7.34. The number of hydrogen-bond donors (Lipinski definition) is 2. The molecule has 0 amide bonds. The molecule has 2 aromatic carbocycles. The Morgan fingerprint density at radius 2 is 1.81 bits per heavy atom. The Kier molecular flexibility index (Phi) is 5.04. The topological polar surface area (TPSA) is 74.6 Å². The van der Waals surface area contributed by atoms with Gasteiger partial charge in [-0.2, -0.15) is 13.2 Å². The van der Waals surface area contributed by atoms with Gasteiger partial charge < -0.3 is 10.2 Å². The van der Waals surface area contributed by atoms with Crippen molar-refractivity contribution >= 4 is 11.8 Å². The molecular weight excluding hydrogens is 409 g/mol. The van der Waals surface area contributed by atoms with Crippen molar-refractivity contribution in [1.29, 1.82) is 0 Å². The van der Waals surface area contributed by atoms with Gasteiger partial charge in [-0.15, -0.1) is 0 Å². The molecule has 2 N–H and O–H groups in total. The average molecular weight is 430 g/mol. The van der Waals surface area contributed by atoms with E-state index in [4.69, 9.17) is 0 Å². The van der Waals surface area contributed by atoms with E-state index in [-0.39, 0.29) is 17.5 Å². The molecule has 1 saturated carbocycles. The van der Waals surface area contributed by atoms with Crippen molar-refractivity contribution in [1.82, 2.24) is 0 Å².